The summed E-state index contributed by atoms with van der Waals surface area (Å²) in [6.45, 7) is 2.57. The van der Waals surface area contributed by atoms with E-state index in [1.807, 2.05) is 61.5 Å². The van der Waals surface area contributed by atoms with E-state index in [1.165, 1.54) is 11.8 Å². The molecule has 2 aromatic carbocycles. The number of aliphatic imine (C=N–C) groups is 1. The number of hydrogen-bond donors (Lipinski definition) is 1. The molecule has 0 atom stereocenters. The normalized spacial score (nSPS) is 17.0. The molecule has 25 heavy (non-hydrogen) atoms. The van der Waals surface area contributed by atoms with Gasteiger partial charge in [-0.05, 0) is 66.7 Å². The highest BCUT2D eigenvalue weighted by atomic mass is 32.2. The summed E-state index contributed by atoms with van der Waals surface area (Å²) in [5.74, 6) is 1.43. The number of benzene rings is 2. The van der Waals surface area contributed by atoms with Crippen LogP contribution < -0.4 is 14.8 Å². The summed E-state index contributed by atoms with van der Waals surface area (Å²) in [4.78, 5) is 17.2. The van der Waals surface area contributed by atoms with E-state index >= 15 is 0 Å². The second kappa shape index (κ2) is 7.90. The molecule has 0 aliphatic carbocycles. The van der Waals surface area contributed by atoms with E-state index in [9.17, 15) is 4.79 Å². The molecular weight excluding hydrogens is 336 g/mol. The molecule has 0 aromatic heterocycles. The SMILES string of the molecule is CCOc1ccc(C=C2SC(=Nc3ccc(OC)cc3)NC2=O)cc1. The lowest BCUT2D eigenvalue weighted by atomic mass is 10.2. The van der Waals surface area contributed by atoms with Gasteiger partial charge in [0.25, 0.3) is 5.91 Å². The molecule has 0 radical (unpaired) electrons. The molecule has 0 bridgehead atoms. The monoisotopic (exact) mass is 354 g/mol. The summed E-state index contributed by atoms with van der Waals surface area (Å²) < 4.78 is 10.5. The number of thioether (sulfide) groups is 1. The second-order valence-electron chi connectivity index (χ2n) is 5.18. The highest BCUT2D eigenvalue weighted by Gasteiger charge is 2.23. The van der Waals surface area contributed by atoms with Gasteiger partial charge in [-0.25, -0.2) is 4.99 Å². The van der Waals surface area contributed by atoms with Crippen LogP contribution in [-0.2, 0) is 4.79 Å². The number of ether oxygens (including phenoxy) is 2. The smallest absolute Gasteiger partial charge is 0.264 e. The molecule has 1 fully saturated rings. The summed E-state index contributed by atoms with van der Waals surface area (Å²) in [5.41, 5.74) is 1.69. The van der Waals surface area contributed by atoms with Crippen molar-refractivity contribution in [1.82, 2.24) is 5.32 Å². The molecule has 1 amide bonds. The maximum absolute atomic E-state index is 12.1. The minimum atomic E-state index is -0.147. The zero-order chi connectivity index (χ0) is 17.6. The van der Waals surface area contributed by atoms with E-state index in [-0.39, 0.29) is 5.91 Å². The molecule has 3 rings (SSSR count). The number of rotatable bonds is 5. The van der Waals surface area contributed by atoms with E-state index in [0.29, 0.717) is 16.7 Å². The van der Waals surface area contributed by atoms with Crippen LogP contribution in [0.2, 0.25) is 0 Å². The van der Waals surface area contributed by atoms with Gasteiger partial charge in [-0.3, -0.25) is 4.79 Å². The van der Waals surface area contributed by atoms with Crippen LogP contribution in [0.1, 0.15) is 12.5 Å². The zero-order valence-electron chi connectivity index (χ0n) is 14.0. The van der Waals surface area contributed by atoms with Crippen molar-refractivity contribution < 1.29 is 14.3 Å². The van der Waals surface area contributed by atoms with Crippen LogP contribution in [0.15, 0.2) is 58.4 Å². The maximum Gasteiger partial charge on any atom is 0.264 e. The third-order valence-electron chi connectivity index (χ3n) is 3.44. The van der Waals surface area contributed by atoms with E-state index in [1.54, 1.807) is 7.11 Å². The van der Waals surface area contributed by atoms with Gasteiger partial charge in [0.1, 0.15) is 11.5 Å². The van der Waals surface area contributed by atoms with Crippen LogP contribution in [0.25, 0.3) is 6.08 Å². The quantitative estimate of drug-likeness (QED) is 0.825. The number of carbonyl (C=O) groups is 1. The van der Waals surface area contributed by atoms with Crippen LogP contribution in [-0.4, -0.2) is 24.8 Å². The summed E-state index contributed by atoms with van der Waals surface area (Å²) in [6, 6.07) is 15.0. The first-order valence-electron chi connectivity index (χ1n) is 7.84. The van der Waals surface area contributed by atoms with Gasteiger partial charge in [0.05, 0.1) is 24.3 Å². The first-order chi connectivity index (χ1) is 12.2. The van der Waals surface area contributed by atoms with Gasteiger partial charge in [0.2, 0.25) is 0 Å². The molecule has 5 nitrogen and oxygen atoms in total. The van der Waals surface area contributed by atoms with Gasteiger partial charge in [-0.1, -0.05) is 12.1 Å². The Morgan fingerprint density at radius 2 is 1.76 bits per heavy atom. The van der Waals surface area contributed by atoms with Gasteiger partial charge < -0.3 is 14.8 Å². The predicted molar refractivity (Wildman–Crippen MR) is 101 cm³/mol. The molecule has 0 saturated carbocycles. The van der Waals surface area contributed by atoms with E-state index in [2.05, 4.69) is 10.3 Å². The van der Waals surface area contributed by atoms with Crippen molar-refractivity contribution in [3.63, 3.8) is 0 Å². The Balaban J connectivity index is 1.73. The Labute approximate surface area is 150 Å². The fourth-order valence-electron chi connectivity index (χ4n) is 2.23. The fourth-order valence-corrected chi connectivity index (χ4v) is 3.07. The van der Waals surface area contributed by atoms with Crippen molar-refractivity contribution in [3.05, 3.63) is 59.0 Å². The van der Waals surface area contributed by atoms with Crippen molar-refractivity contribution >= 4 is 34.6 Å². The van der Waals surface area contributed by atoms with Gasteiger partial charge in [0.15, 0.2) is 5.17 Å². The molecule has 1 heterocycles. The molecule has 1 aliphatic heterocycles. The molecule has 0 unspecified atom stereocenters. The van der Waals surface area contributed by atoms with Crippen molar-refractivity contribution in [3.8, 4) is 11.5 Å². The van der Waals surface area contributed by atoms with Crippen LogP contribution in [0, 0.1) is 0 Å². The highest BCUT2D eigenvalue weighted by molar-refractivity contribution is 8.18. The number of carbonyl (C=O) groups excluding carboxylic acids is 1. The third-order valence-corrected chi connectivity index (χ3v) is 4.35. The fraction of sp³-hybridized carbons (Fsp3) is 0.158. The van der Waals surface area contributed by atoms with E-state index in [4.69, 9.17) is 9.47 Å². The van der Waals surface area contributed by atoms with Gasteiger partial charge in [0, 0.05) is 0 Å². The standard InChI is InChI=1S/C19H18N2O3S/c1-3-24-16-8-4-13(5-9-16)12-17-18(22)21-19(25-17)20-14-6-10-15(23-2)11-7-14/h4-12H,3H2,1-2H3,(H,20,21,22). The van der Waals surface area contributed by atoms with Crippen molar-refractivity contribution in [2.75, 3.05) is 13.7 Å². The van der Waals surface area contributed by atoms with Crippen molar-refractivity contribution in [2.24, 2.45) is 4.99 Å². The average molecular weight is 354 g/mol. The Morgan fingerprint density at radius 3 is 2.40 bits per heavy atom. The Bertz CT molecular complexity index is 812. The molecule has 1 saturated heterocycles. The van der Waals surface area contributed by atoms with Crippen molar-refractivity contribution in [2.45, 2.75) is 6.92 Å². The zero-order valence-corrected chi connectivity index (χ0v) is 14.8. The molecular formula is C19H18N2O3S. The Morgan fingerprint density at radius 1 is 1.08 bits per heavy atom. The lowest BCUT2D eigenvalue weighted by Gasteiger charge is -2.02. The number of methoxy groups -OCH3 is 1. The first kappa shape index (κ1) is 17.1. The van der Waals surface area contributed by atoms with E-state index < -0.39 is 0 Å². The lowest BCUT2D eigenvalue weighted by Crippen LogP contribution is -2.19. The minimum Gasteiger partial charge on any atom is -0.497 e. The minimum absolute atomic E-state index is 0.147. The number of nitrogens with zero attached hydrogens (tertiary/aromatic N) is 1. The summed E-state index contributed by atoms with van der Waals surface area (Å²) >= 11 is 1.32. The van der Waals surface area contributed by atoms with Crippen LogP contribution in [0.3, 0.4) is 0 Å². The Hall–Kier alpha value is -2.73. The predicted octanol–water partition coefficient (Wildman–Crippen LogP) is 3.99. The third kappa shape index (κ3) is 4.42. The highest BCUT2D eigenvalue weighted by Crippen LogP contribution is 2.29. The van der Waals surface area contributed by atoms with Gasteiger partial charge >= 0.3 is 0 Å². The van der Waals surface area contributed by atoms with E-state index in [0.717, 1.165) is 22.7 Å². The number of amidine groups is 1. The van der Waals surface area contributed by atoms with Crippen LogP contribution in [0.4, 0.5) is 5.69 Å². The maximum atomic E-state index is 12.1. The topological polar surface area (TPSA) is 59.9 Å². The molecule has 2 aromatic rings. The Kier molecular flexibility index (Phi) is 5.40. The average Bonchev–Trinajstić information content (AvgIpc) is 2.96. The summed E-state index contributed by atoms with van der Waals surface area (Å²) in [7, 11) is 1.62. The lowest BCUT2D eigenvalue weighted by molar-refractivity contribution is -0.115. The van der Waals surface area contributed by atoms with Gasteiger partial charge in [-0.2, -0.15) is 0 Å². The summed E-state index contributed by atoms with van der Waals surface area (Å²) in [5, 5.41) is 3.35. The number of nitrogens with one attached hydrogen (secondary N) is 1. The summed E-state index contributed by atoms with van der Waals surface area (Å²) in [6.07, 6.45) is 1.84. The van der Waals surface area contributed by atoms with Crippen LogP contribution >= 0.6 is 11.8 Å². The molecule has 1 N–H and O–H groups in total. The van der Waals surface area contributed by atoms with Crippen LogP contribution in [0.5, 0.6) is 11.5 Å². The second-order valence-corrected chi connectivity index (χ2v) is 6.21. The molecule has 0 spiro atoms. The number of amides is 1. The van der Waals surface area contributed by atoms with Gasteiger partial charge in [-0.15, -0.1) is 0 Å². The van der Waals surface area contributed by atoms with Crippen molar-refractivity contribution in [1.29, 1.82) is 0 Å². The molecule has 128 valence electrons. The largest absolute Gasteiger partial charge is 0.497 e. The first-order valence-corrected chi connectivity index (χ1v) is 8.66. The number of hydrogen-bond acceptors (Lipinski definition) is 5. The molecule has 1 aliphatic rings. The molecule has 6 heteroatoms.